The van der Waals surface area contributed by atoms with Crippen LogP contribution >= 0.6 is 15.9 Å². The van der Waals surface area contributed by atoms with Crippen molar-refractivity contribution in [2.24, 2.45) is 0 Å². The van der Waals surface area contributed by atoms with Crippen LogP contribution in [-0.2, 0) is 6.42 Å². The monoisotopic (exact) mass is 317 g/mol. The summed E-state index contributed by atoms with van der Waals surface area (Å²) in [7, 11) is 0. The molecule has 0 radical (unpaired) electrons. The molecule has 0 spiro atoms. The van der Waals surface area contributed by atoms with E-state index in [4.69, 9.17) is 0 Å². The lowest BCUT2D eigenvalue weighted by Crippen LogP contribution is -1.86. The Morgan fingerprint density at radius 2 is 1.89 bits per heavy atom. The number of halogens is 1. The molecule has 4 heteroatoms. The smallest absolute Gasteiger partial charge is 0.258 e. The number of allylic oxidation sites excluding steroid dienone is 1. The quantitative estimate of drug-likeness (QED) is 0.610. The second kappa shape index (κ2) is 6.29. The minimum atomic E-state index is -0.394. The Labute approximate surface area is 119 Å². The summed E-state index contributed by atoms with van der Waals surface area (Å²) < 4.78 is 1.06. The molecule has 0 fully saturated rings. The molecule has 0 bridgehead atoms. The fourth-order valence-electron chi connectivity index (χ4n) is 1.70. The first-order valence-electron chi connectivity index (χ1n) is 5.80. The molecular formula is C15H12BrNO2. The van der Waals surface area contributed by atoms with Crippen LogP contribution in [0, 0.1) is 10.1 Å². The predicted octanol–water partition coefficient (Wildman–Crippen LogP) is 4.61. The third-order valence-electron chi connectivity index (χ3n) is 2.66. The lowest BCUT2D eigenvalue weighted by Gasteiger charge is -1.97. The van der Waals surface area contributed by atoms with E-state index in [0.717, 1.165) is 16.5 Å². The molecule has 2 aromatic carbocycles. The van der Waals surface area contributed by atoms with Crippen LogP contribution in [0.5, 0.6) is 0 Å². The lowest BCUT2D eigenvalue weighted by atomic mass is 10.1. The van der Waals surface area contributed by atoms with Gasteiger partial charge in [-0.05, 0) is 41.8 Å². The van der Waals surface area contributed by atoms with E-state index >= 15 is 0 Å². The summed E-state index contributed by atoms with van der Waals surface area (Å²) in [5.74, 6) is 0. The second-order valence-corrected chi connectivity index (χ2v) is 5.00. The summed E-state index contributed by atoms with van der Waals surface area (Å²) in [4.78, 5) is 10.1. The predicted molar refractivity (Wildman–Crippen MR) is 80.0 cm³/mol. The molecule has 0 saturated carbocycles. The third kappa shape index (κ3) is 4.03. The van der Waals surface area contributed by atoms with E-state index < -0.39 is 4.92 Å². The number of nitro benzene ring substituents is 1. The molecule has 0 saturated heterocycles. The van der Waals surface area contributed by atoms with E-state index in [-0.39, 0.29) is 5.69 Å². The molecule has 0 aromatic heterocycles. The number of hydrogen-bond donors (Lipinski definition) is 0. The minimum absolute atomic E-state index is 0.115. The summed E-state index contributed by atoms with van der Waals surface area (Å²) in [6.07, 6.45) is 4.84. The van der Waals surface area contributed by atoms with E-state index in [1.54, 1.807) is 12.1 Å². The Morgan fingerprint density at radius 1 is 1.16 bits per heavy atom. The molecule has 3 nitrogen and oxygen atoms in total. The fraction of sp³-hybridized carbons (Fsp3) is 0.0667. The Balaban J connectivity index is 2.01. The highest BCUT2D eigenvalue weighted by Gasteiger charge is 2.01. The average molecular weight is 318 g/mol. The van der Waals surface area contributed by atoms with Crippen LogP contribution in [0.2, 0.25) is 0 Å². The Morgan fingerprint density at radius 3 is 2.53 bits per heavy atom. The van der Waals surface area contributed by atoms with Crippen molar-refractivity contribution in [1.82, 2.24) is 0 Å². The number of rotatable bonds is 4. The first kappa shape index (κ1) is 13.5. The van der Waals surface area contributed by atoms with Gasteiger partial charge in [-0.25, -0.2) is 0 Å². The molecule has 0 heterocycles. The molecule has 0 aliphatic heterocycles. The SMILES string of the molecule is O=[N+]([O-])c1ccc(/C=C/Cc2cccc(Br)c2)cc1. The summed E-state index contributed by atoms with van der Waals surface area (Å²) in [5.41, 5.74) is 2.29. The summed E-state index contributed by atoms with van der Waals surface area (Å²) >= 11 is 3.43. The molecule has 19 heavy (non-hydrogen) atoms. The maximum absolute atomic E-state index is 10.5. The molecule has 0 aliphatic carbocycles. The molecule has 96 valence electrons. The van der Waals surface area contributed by atoms with Gasteiger partial charge >= 0.3 is 0 Å². The molecule has 0 aliphatic rings. The highest BCUT2D eigenvalue weighted by atomic mass is 79.9. The van der Waals surface area contributed by atoms with Crippen LogP contribution in [0.1, 0.15) is 11.1 Å². The van der Waals surface area contributed by atoms with Crippen molar-refractivity contribution < 1.29 is 4.92 Å². The molecule has 0 amide bonds. The van der Waals surface area contributed by atoms with Gasteiger partial charge < -0.3 is 0 Å². The maximum Gasteiger partial charge on any atom is 0.269 e. The van der Waals surface area contributed by atoms with Gasteiger partial charge in [0, 0.05) is 16.6 Å². The van der Waals surface area contributed by atoms with Gasteiger partial charge in [-0.3, -0.25) is 10.1 Å². The molecule has 2 aromatic rings. The van der Waals surface area contributed by atoms with Crippen molar-refractivity contribution in [2.75, 3.05) is 0 Å². The van der Waals surface area contributed by atoms with E-state index in [2.05, 4.69) is 28.1 Å². The van der Waals surface area contributed by atoms with E-state index in [1.807, 2.05) is 24.3 Å². The average Bonchev–Trinajstić information content (AvgIpc) is 2.39. The zero-order valence-electron chi connectivity index (χ0n) is 10.1. The van der Waals surface area contributed by atoms with Crippen molar-refractivity contribution in [2.45, 2.75) is 6.42 Å². The Hall–Kier alpha value is -1.94. The molecule has 0 atom stereocenters. The van der Waals surface area contributed by atoms with E-state index in [1.165, 1.54) is 17.7 Å². The highest BCUT2D eigenvalue weighted by molar-refractivity contribution is 9.10. The number of nitrogens with zero attached hydrogens (tertiary/aromatic N) is 1. The standard InChI is InChI=1S/C15H12BrNO2/c16-14-6-2-5-13(11-14)4-1-3-12-7-9-15(10-8-12)17(18)19/h1-3,5-11H,4H2/b3-1+. The topological polar surface area (TPSA) is 43.1 Å². The van der Waals surface area contributed by atoms with Crippen molar-refractivity contribution in [3.05, 3.63) is 80.3 Å². The normalized spacial score (nSPS) is 10.8. The fourth-order valence-corrected chi connectivity index (χ4v) is 2.15. The summed E-state index contributed by atoms with van der Waals surface area (Å²) in [6.45, 7) is 0. The van der Waals surface area contributed by atoms with Crippen LogP contribution in [0.15, 0.2) is 59.1 Å². The lowest BCUT2D eigenvalue weighted by molar-refractivity contribution is -0.384. The van der Waals surface area contributed by atoms with Crippen LogP contribution in [0.25, 0.3) is 6.08 Å². The highest BCUT2D eigenvalue weighted by Crippen LogP contribution is 2.15. The van der Waals surface area contributed by atoms with Crippen molar-refractivity contribution >= 4 is 27.7 Å². The van der Waals surface area contributed by atoms with Crippen LogP contribution in [0.4, 0.5) is 5.69 Å². The molecule has 2 rings (SSSR count). The van der Waals surface area contributed by atoms with Crippen LogP contribution in [0.3, 0.4) is 0 Å². The Kier molecular flexibility index (Phi) is 4.47. The first-order valence-corrected chi connectivity index (χ1v) is 6.60. The van der Waals surface area contributed by atoms with Gasteiger partial charge in [0.05, 0.1) is 4.92 Å². The maximum atomic E-state index is 10.5. The van der Waals surface area contributed by atoms with Gasteiger partial charge in [0.2, 0.25) is 0 Å². The van der Waals surface area contributed by atoms with Crippen molar-refractivity contribution in [1.29, 1.82) is 0 Å². The van der Waals surface area contributed by atoms with Gasteiger partial charge in [0.15, 0.2) is 0 Å². The number of benzene rings is 2. The zero-order chi connectivity index (χ0) is 13.7. The van der Waals surface area contributed by atoms with Crippen molar-refractivity contribution in [3.8, 4) is 0 Å². The molecule has 0 unspecified atom stereocenters. The number of non-ortho nitro benzene ring substituents is 1. The molecular weight excluding hydrogens is 306 g/mol. The minimum Gasteiger partial charge on any atom is -0.258 e. The second-order valence-electron chi connectivity index (χ2n) is 4.09. The largest absolute Gasteiger partial charge is 0.269 e. The van der Waals surface area contributed by atoms with Gasteiger partial charge in [0.1, 0.15) is 0 Å². The van der Waals surface area contributed by atoms with E-state index in [0.29, 0.717) is 0 Å². The Bertz CT molecular complexity index is 606. The summed E-state index contributed by atoms with van der Waals surface area (Å²) in [5, 5.41) is 10.5. The first-order chi connectivity index (χ1) is 9.15. The zero-order valence-corrected chi connectivity index (χ0v) is 11.7. The van der Waals surface area contributed by atoms with Gasteiger partial charge in [0.25, 0.3) is 5.69 Å². The number of nitro groups is 1. The molecule has 0 N–H and O–H groups in total. The van der Waals surface area contributed by atoms with Gasteiger partial charge in [-0.15, -0.1) is 0 Å². The summed E-state index contributed by atoms with van der Waals surface area (Å²) in [6, 6.07) is 14.6. The van der Waals surface area contributed by atoms with Gasteiger partial charge in [-0.2, -0.15) is 0 Å². The third-order valence-corrected chi connectivity index (χ3v) is 3.15. The van der Waals surface area contributed by atoms with Crippen LogP contribution < -0.4 is 0 Å². The van der Waals surface area contributed by atoms with Gasteiger partial charge in [-0.1, -0.05) is 40.2 Å². The van der Waals surface area contributed by atoms with Crippen LogP contribution in [-0.4, -0.2) is 4.92 Å². The van der Waals surface area contributed by atoms with Crippen molar-refractivity contribution in [3.63, 3.8) is 0 Å². The van der Waals surface area contributed by atoms with E-state index in [9.17, 15) is 10.1 Å². The number of hydrogen-bond acceptors (Lipinski definition) is 2.